The van der Waals surface area contributed by atoms with E-state index < -0.39 is 42.9 Å². The molecule has 0 saturated carbocycles. The van der Waals surface area contributed by atoms with Crippen LogP contribution in [0.25, 0.3) is 0 Å². The first-order valence-electron chi connectivity index (χ1n) is 12.5. The van der Waals surface area contributed by atoms with Crippen LogP contribution in [0.15, 0.2) is 58.3 Å². The zero-order valence-corrected chi connectivity index (χ0v) is 26.3. The Hall–Kier alpha value is -3.86. The Morgan fingerprint density at radius 1 is 0.571 bits per heavy atom. The number of amides is 4. The molecule has 0 radical (unpaired) electrons. The SMILES string of the molecule is CNC(=O)C(C)(C)NS(=O)(=O)c1ccccc1NC(C)=O.CNC(=O)C(C)(C)NS(=O)(=O)c1ccccc1NC(C)=O. The molecule has 2 rings (SSSR count). The van der Waals surface area contributed by atoms with Gasteiger partial charge in [-0.3, -0.25) is 19.2 Å². The first-order chi connectivity index (χ1) is 19.2. The zero-order chi connectivity index (χ0) is 32.5. The maximum atomic E-state index is 12.4. The van der Waals surface area contributed by atoms with Gasteiger partial charge in [-0.2, -0.15) is 9.44 Å². The molecule has 0 aliphatic rings. The van der Waals surface area contributed by atoms with Crippen molar-refractivity contribution in [2.24, 2.45) is 0 Å². The van der Waals surface area contributed by atoms with Gasteiger partial charge in [-0.15, -0.1) is 0 Å². The van der Waals surface area contributed by atoms with Gasteiger partial charge in [0.25, 0.3) is 0 Å². The molecule has 14 nitrogen and oxygen atoms in total. The average molecular weight is 627 g/mol. The van der Waals surface area contributed by atoms with Crippen molar-refractivity contribution < 1.29 is 36.0 Å². The number of likely N-dealkylation sites (N-methyl/N-ethyl adjacent to an activating group) is 2. The van der Waals surface area contributed by atoms with Crippen molar-refractivity contribution in [3.05, 3.63) is 48.5 Å². The molecule has 0 heterocycles. The van der Waals surface area contributed by atoms with Crippen molar-refractivity contribution in [2.75, 3.05) is 24.7 Å². The molecule has 0 spiro atoms. The highest BCUT2D eigenvalue weighted by molar-refractivity contribution is 7.90. The fraction of sp³-hybridized carbons (Fsp3) is 0.385. The van der Waals surface area contributed by atoms with E-state index in [9.17, 15) is 36.0 Å². The molecule has 0 aliphatic carbocycles. The summed E-state index contributed by atoms with van der Waals surface area (Å²) in [5, 5.41) is 9.68. The van der Waals surface area contributed by atoms with Crippen molar-refractivity contribution in [3.63, 3.8) is 0 Å². The largest absolute Gasteiger partial charge is 0.358 e. The van der Waals surface area contributed by atoms with Crippen molar-refractivity contribution in [3.8, 4) is 0 Å². The van der Waals surface area contributed by atoms with Gasteiger partial charge in [0.05, 0.1) is 11.4 Å². The minimum absolute atomic E-state index is 0.0998. The second-order valence-corrected chi connectivity index (χ2v) is 13.3. The fourth-order valence-electron chi connectivity index (χ4n) is 3.49. The minimum atomic E-state index is -3.97. The van der Waals surface area contributed by atoms with Gasteiger partial charge in [0.2, 0.25) is 43.7 Å². The second-order valence-electron chi connectivity index (χ2n) is 9.97. The monoisotopic (exact) mass is 626 g/mol. The number of rotatable bonds is 10. The average Bonchev–Trinajstić information content (AvgIpc) is 2.86. The third-order valence-corrected chi connectivity index (χ3v) is 8.77. The van der Waals surface area contributed by atoms with E-state index in [1.54, 1.807) is 12.1 Å². The van der Waals surface area contributed by atoms with Crippen LogP contribution in [0, 0.1) is 0 Å². The van der Waals surface area contributed by atoms with Crippen LogP contribution in [0.3, 0.4) is 0 Å². The number of para-hydroxylation sites is 2. The van der Waals surface area contributed by atoms with Gasteiger partial charge in [0.1, 0.15) is 20.9 Å². The molecule has 0 bridgehead atoms. The van der Waals surface area contributed by atoms with Gasteiger partial charge in [-0.1, -0.05) is 24.3 Å². The molecule has 232 valence electrons. The van der Waals surface area contributed by atoms with Crippen LogP contribution >= 0.6 is 0 Å². The van der Waals surface area contributed by atoms with Crippen LogP contribution in [0.1, 0.15) is 41.5 Å². The second kappa shape index (κ2) is 14.4. The summed E-state index contributed by atoms with van der Waals surface area (Å²) in [6, 6.07) is 11.9. The summed E-state index contributed by atoms with van der Waals surface area (Å²) in [5.41, 5.74) is -2.33. The minimum Gasteiger partial charge on any atom is -0.358 e. The summed E-state index contributed by atoms with van der Waals surface area (Å²) in [6.07, 6.45) is 0. The maximum absolute atomic E-state index is 12.4. The summed E-state index contributed by atoms with van der Waals surface area (Å²) in [6.45, 7) is 8.36. The number of carbonyl (C=O) groups is 4. The van der Waals surface area contributed by atoms with Crippen LogP contribution < -0.4 is 30.7 Å². The molecule has 0 saturated heterocycles. The van der Waals surface area contributed by atoms with E-state index in [2.05, 4.69) is 30.7 Å². The molecule has 0 fully saturated rings. The summed E-state index contributed by atoms with van der Waals surface area (Å²) < 4.78 is 54.4. The van der Waals surface area contributed by atoms with Gasteiger partial charge in [-0.05, 0) is 52.0 Å². The number of carbonyl (C=O) groups excluding carboxylic acids is 4. The molecular weight excluding hydrogens is 588 g/mol. The van der Waals surface area contributed by atoms with Crippen LogP contribution in [0.2, 0.25) is 0 Å². The summed E-state index contributed by atoms with van der Waals surface area (Å²) >= 11 is 0. The van der Waals surface area contributed by atoms with Gasteiger partial charge >= 0.3 is 0 Å². The van der Waals surface area contributed by atoms with E-state index in [1.165, 1.54) is 92.0 Å². The topological polar surface area (TPSA) is 209 Å². The maximum Gasteiger partial charge on any atom is 0.243 e. The van der Waals surface area contributed by atoms with Crippen molar-refractivity contribution >= 4 is 55.1 Å². The van der Waals surface area contributed by atoms with Crippen LogP contribution in [0.4, 0.5) is 11.4 Å². The van der Waals surface area contributed by atoms with Crippen molar-refractivity contribution in [1.82, 2.24) is 20.1 Å². The van der Waals surface area contributed by atoms with Gasteiger partial charge < -0.3 is 21.3 Å². The predicted molar refractivity (Wildman–Crippen MR) is 158 cm³/mol. The van der Waals surface area contributed by atoms with E-state index in [1.807, 2.05) is 0 Å². The molecule has 0 aliphatic heterocycles. The van der Waals surface area contributed by atoms with Crippen LogP contribution in [0.5, 0.6) is 0 Å². The lowest BCUT2D eigenvalue weighted by molar-refractivity contribution is -0.125. The number of nitrogens with one attached hydrogen (secondary N) is 6. The Kier molecular flexibility index (Phi) is 12.4. The van der Waals surface area contributed by atoms with Crippen molar-refractivity contribution in [2.45, 2.75) is 62.4 Å². The van der Waals surface area contributed by atoms with Crippen LogP contribution in [-0.4, -0.2) is 65.6 Å². The molecule has 0 unspecified atom stereocenters. The molecule has 42 heavy (non-hydrogen) atoms. The summed E-state index contributed by atoms with van der Waals surface area (Å²) in [4.78, 5) is 45.5. The lowest BCUT2D eigenvalue weighted by Gasteiger charge is -2.24. The zero-order valence-electron chi connectivity index (χ0n) is 24.7. The van der Waals surface area contributed by atoms with Crippen LogP contribution in [-0.2, 0) is 39.2 Å². The smallest absolute Gasteiger partial charge is 0.243 e. The van der Waals surface area contributed by atoms with Gasteiger partial charge in [0, 0.05) is 27.9 Å². The number of hydrogen-bond donors (Lipinski definition) is 6. The summed E-state index contributed by atoms with van der Waals surface area (Å²) in [5.74, 6) is -1.71. The normalized spacial score (nSPS) is 11.8. The first kappa shape index (κ1) is 36.2. The predicted octanol–water partition coefficient (Wildman–Crippen LogP) is 0.896. The van der Waals surface area contributed by atoms with E-state index in [0.717, 1.165) is 0 Å². The molecule has 0 atom stereocenters. The standard InChI is InChI=1S/2C13H19N3O4S/c2*1-9(17)15-10-7-5-6-8-11(10)21(19,20)16-13(2,3)12(18)14-4/h2*5-8,16H,1-4H3,(H,14,18)(H,15,17). The fourth-order valence-corrected chi connectivity index (χ4v) is 6.57. The van der Waals surface area contributed by atoms with E-state index in [4.69, 9.17) is 0 Å². The first-order valence-corrected chi connectivity index (χ1v) is 15.4. The lowest BCUT2D eigenvalue weighted by atomic mass is 10.1. The number of benzene rings is 2. The lowest BCUT2D eigenvalue weighted by Crippen LogP contribution is -2.53. The van der Waals surface area contributed by atoms with E-state index >= 15 is 0 Å². The quantitative estimate of drug-likeness (QED) is 0.223. The third-order valence-electron chi connectivity index (χ3n) is 5.34. The Bertz CT molecular complexity index is 1420. The molecule has 16 heteroatoms. The number of sulfonamides is 2. The highest BCUT2D eigenvalue weighted by atomic mass is 32.2. The Labute approximate surface area is 246 Å². The third kappa shape index (κ3) is 10.2. The van der Waals surface area contributed by atoms with E-state index in [-0.39, 0.29) is 33.0 Å². The Morgan fingerprint density at radius 3 is 1.12 bits per heavy atom. The molecule has 2 aromatic rings. The molecular formula is C26H38N6O8S2. The number of anilines is 2. The Balaban J connectivity index is 0.000000420. The van der Waals surface area contributed by atoms with Gasteiger partial charge in [0.15, 0.2) is 0 Å². The van der Waals surface area contributed by atoms with E-state index in [0.29, 0.717) is 0 Å². The molecule has 0 aromatic heterocycles. The molecule has 4 amide bonds. The highest BCUT2D eigenvalue weighted by Crippen LogP contribution is 2.23. The van der Waals surface area contributed by atoms with Gasteiger partial charge in [-0.25, -0.2) is 16.8 Å². The number of hydrogen-bond acceptors (Lipinski definition) is 8. The van der Waals surface area contributed by atoms with Crippen molar-refractivity contribution in [1.29, 1.82) is 0 Å². The summed E-state index contributed by atoms with van der Waals surface area (Å²) in [7, 11) is -5.11. The Morgan fingerprint density at radius 2 is 0.857 bits per heavy atom. The molecule has 6 N–H and O–H groups in total. The highest BCUT2D eigenvalue weighted by Gasteiger charge is 2.34. The molecule has 2 aromatic carbocycles.